The van der Waals surface area contributed by atoms with Gasteiger partial charge in [-0.3, -0.25) is 9.59 Å². The maximum atomic E-state index is 13.6. The first-order valence-corrected chi connectivity index (χ1v) is 12.3. The van der Waals surface area contributed by atoms with Gasteiger partial charge in [0.25, 0.3) is 5.91 Å². The average molecular weight is 463 g/mol. The summed E-state index contributed by atoms with van der Waals surface area (Å²) in [6.45, 7) is 5.23. The predicted octanol–water partition coefficient (Wildman–Crippen LogP) is 4.79. The Morgan fingerprint density at radius 2 is 1.76 bits per heavy atom. The van der Waals surface area contributed by atoms with Gasteiger partial charge in [-0.15, -0.1) is 11.3 Å². The summed E-state index contributed by atoms with van der Waals surface area (Å²) in [4.78, 5) is 31.5. The van der Waals surface area contributed by atoms with E-state index in [2.05, 4.69) is 23.6 Å². The van der Waals surface area contributed by atoms with E-state index in [4.69, 9.17) is 4.74 Å². The van der Waals surface area contributed by atoms with Crippen molar-refractivity contribution >= 4 is 23.2 Å². The first kappa shape index (κ1) is 23.1. The van der Waals surface area contributed by atoms with Gasteiger partial charge in [0.05, 0.1) is 12.6 Å². The third kappa shape index (κ3) is 5.63. The van der Waals surface area contributed by atoms with Crippen molar-refractivity contribution < 1.29 is 14.3 Å². The van der Waals surface area contributed by atoms with Crippen LogP contribution >= 0.6 is 11.3 Å². The molecule has 0 saturated heterocycles. The summed E-state index contributed by atoms with van der Waals surface area (Å²) in [6, 6.07) is 21.4. The lowest BCUT2D eigenvalue weighted by Crippen LogP contribution is -2.48. The van der Waals surface area contributed by atoms with E-state index in [0.717, 1.165) is 12.0 Å². The van der Waals surface area contributed by atoms with Gasteiger partial charge in [0.1, 0.15) is 5.75 Å². The van der Waals surface area contributed by atoms with E-state index in [1.54, 1.807) is 16.2 Å². The highest BCUT2D eigenvalue weighted by molar-refractivity contribution is 7.10. The van der Waals surface area contributed by atoms with Crippen LogP contribution in [0.5, 0.6) is 5.75 Å². The first-order chi connectivity index (χ1) is 16.0. The number of hydrogen-bond acceptors (Lipinski definition) is 4. The Kier molecular flexibility index (Phi) is 7.45. The number of nitrogens with zero attached hydrogens (tertiary/aromatic N) is 2. The number of fused-ring (bicyclic) bond motifs is 1. The highest BCUT2D eigenvalue weighted by Crippen LogP contribution is 2.37. The molecule has 0 bridgehead atoms. The summed E-state index contributed by atoms with van der Waals surface area (Å²) < 4.78 is 5.67. The molecule has 0 spiro atoms. The van der Waals surface area contributed by atoms with Crippen LogP contribution in [0.25, 0.3) is 0 Å². The van der Waals surface area contributed by atoms with Crippen LogP contribution in [0.4, 0.5) is 0 Å². The third-order valence-electron chi connectivity index (χ3n) is 5.77. The van der Waals surface area contributed by atoms with Gasteiger partial charge in [0.15, 0.2) is 6.61 Å². The van der Waals surface area contributed by atoms with Crippen molar-refractivity contribution in [1.29, 1.82) is 0 Å². The van der Waals surface area contributed by atoms with Crippen LogP contribution in [0, 0.1) is 5.92 Å². The zero-order chi connectivity index (χ0) is 23.2. The molecule has 1 atom stereocenters. The molecule has 5 nitrogen and oxygen atoms in total. The Morgan fingerprint density at radius 3 is 2.45 bits per heavy atom. The molecule has 3 aromatic rings. The molecule has 4 rings (SSSR count). The molecule has 0 aliphatic carbocycles. The lowest BCUT2D eigenvalue weighted by Gasteiger charge is -2.37. The fourth-order valence-electron chi connectivity index (χ4n) is 4.28. The van der Waals surface area contributed by atoms with Crippen molar-refractivity contribution in [3.8, 4) is 5.75 Å². The number of thiophene rings is 1. The largest absolute Gasteiger partial charge is 0.484 e. The van der Waals surface area contributed by atoms with E-state index in [1.807, 2.05) is 67.3 Å². The molecule has 0 fully saturated rings. The molecule has 1 aromatic heterocycles. The van der Waals surface area contributed by atoms with Gasteiger partial charge in [0, 0.05) is 18.0 Å². The van der Waals surface area contributed by atoms with Crippen LogP contribution < -0.4 is 4.74 Å². The van der Waals surface area contributed by atoms with Crippen molar-refractivity contribution in [3.63, 3.8) is 0 Å². The van der Waals surface area contributed by atoms with Crippen LogP contribution in [0.15, 0.2) is 72.1 Å². The molecule has 33 heavy (non-hydrogen) atoms. The standard InChI is InChI=1S/C27H30N2O3S/c1-20(2)17-28(26(31)19-32-22-11-7-4-8-12-22)18-25(30)29-15-13-24-23(14-16-33-24)27(29)21-9-5-3-6-10-21/h3-12,14,16,20,27H,13,15,17-19H2,1-2H3. The minimum atomic E-state index is -0.176. The Bertz CT molecular complexity index is 1070. The molecule has 0 radical (unpaired) electrons. The van der Waals surface area contributed by atoms with Crippen molar-refractivity contribution in [3.05, 3.63) is 88.1 Å². The molecule has 6 heteroatoms. The van der Waals surface area contributed by atoms with Crippen LogP contribution in [0.3, 0.4) is 0 Å². The Labute approximate surface area is 199 Å². The maximum Gasteiger partial charge on any atom is 0.260 e. The zero-order valence-corrected chi connectivity index (χ0v) is 20.0. The van der Waals surface area contributed by atoms with Crippen LogP contribution in [-0.4, -0.2) is 47.9 Å². The number of hydrogen-bond donors (Lipinski definition) is 0. The van der Waals surface area contributed by atoms with Crippen molar-refractivity contribution in [2.75, 3.05) is 26.2 Å². The summed E-state index contributed by atoms with van der Waals surface area (Å²) in [6.07, 6.45) is 0.845. The van der Waals surface area contributed by atoms with Gasteiger partial charge in [-0.2, -0.15) is 0 Å². The van der Waals surface area contributed by atoms with Gasteiger partial charge in [-0.1, -0.05) is 62.4 Å². The van der Waals surface area contributed by atoms with Crippen molar-refractivity contribution in [1.82, 2.24) is 9.80 Å². The van der Waals surface area contributed by atoms with E-state index >= 15 is 0 Å². The Hall–Kier alpha value is -3.12. The lowest BCUT2D eigenvalue weighted by atomic mass is 9.93. The van der Waals surface area contributed by atoms with Gasteiger partial charge < -0.3 is 14.5 Å². The number of carbonyl (C=O) groups excluding carboxylic acids is 2. The van der Waals surface area contributed by atoms with Gasteiger partial charge in [-0.05, 0) is 47.0 Å². The number of para-hydroxylation sites is 1. The van der Waals surface area contributed by atoms with E-state index < -0.39 is 0 Å². The smallest absolute Gasteiger partial charge is 0.260 e. The molecule has 2 aromatic carbocycles. The fourth-order valence-corrected chi connectivity index (χ4v) is 5.19. The summed E-state index contributed by atoms with van der Waals surface area (Å²) >= 11 is 1.75. The first-order valence-electron chi connectivity index (χ1n) is 11.4. The molecule has 1 unspecified atom stereocenters. The second-order valence-corrected chi connectivity index (χ2v) is 9.72. The molecule has 1 aliphatic heterocycles. The second-order valence-electron chi connectivity index (χ2n) is 8.72. The normalized spacial score (nSPS) is 15.2. The molecular weight excluding hydrogens is 432 g/mol. The minimum Gasteiger partial charge on any atom is -0.484 e. The SMILES string of the molecule is CC(C)CN(CC(=O)N1CCc2sccc2C1c1ccccc1)C(=O)COc1ccccc1. The Balaban J connectivity index is 1.51. The third-order valence-corrected chi connectivity index (χ3v) is 6.77. The molecule has 0 N–H and O–H groups in total. The summed E-state index contributed by atoms with van der Waals surface area (Å²) in [5, 5.41) is 2.10. The highest BCUT2D eigenvalue weighted by Gasteiger charge is 2.34. The van der Waals surface area contributed by atoms with E-state index in [9.17, 15) is 9.59 Å². The maximum absolute atomic E-state index is 13.6. The molecule has 1 aliphatic rings. The van der Waals surface area contributed by atoms with Gasteiger partial charge in [-0.25, -0.2) is 0 Å². The number of rotatable bonds is 8. The van der Waals surface area contributed by atoms with Crippen molar-refractivity contribution in [2.24, 2.45) is 5.92 Å². The van der Waals surface area contributed by atoms with E-state index in [1.165, 1.54) is 10.4 Å². The highest BCUT2D eigenvalue weighted by atomic mass is 32.1. The van der Waals surface area contributed by atoms with Crippen LogP contribution in [0.1, 0.15) is 35.9 Å². The average Bonchev–Trinajstić information content (AvgIpc) is 3.31. The number of amides is 2. The molecular formula is C27H30N2O3S. The fraction of sp³-hybridized carbons (Fsp3) is 0.333. The van der Waals surface area contributed by atoms with Crippen LogP contribution in [-0.2, 0) is 16.0 Å². The molecule has 172 valence electrons. The van der Waals surface area contributed by atoms with E-state index in [0.29, 0.717) is 18.8 Å². The van der Waals surface area contributed by atoms with Crippen LogP contribution in [0.2, 0.25) is 0 Å². The quantitative estimate of drug-likeness (QED) is 0.484. The topological polar surface area (TPSA) is 49.9 Å². The van der Waals surface area contributed by atoms with E-state index in [-0.39, 0.29) is 36.9 Å². The predicted molar refractivity (Wildman–Crippen MR) is 131 cm³/mol. The molecule has 0 saturated carbocycles. The van der Waals surface area contributed by atoms with Gasteiger partial charge >= 0.3 is 0 Å². The summed E-state index contributed by atoms with van der Waals surface area (Å²) in [7, 11) is 0. The minimum absolute atomic E-state index is 0.0329. The van der Waals surface area contributed by atoms with Gasteiger partial charge in [0.2, 0.25) is 5.91 Å². The zero-order valence-electron chi connectivity index (χ0n) is 19.1. The molecule has 2 heterocycles. The molecule has 2 amide bonds. The lowest BCUT2D eigenvalue weighted by molar-refractivity contribution is -0.143. The monoisotopic (exact) mass is 462 g/mol. The Morgan fingerprint density at radius 1 is 1.06 bits per heavy atom. The second kappa shape index (κ2) is 10.7. The summed E-state index contributed by atoms with van der Waals surface area (Å²) in [5.74, 6) is 0.680. The number of benzene rings is 2. The number of ether oxygens (including phenoxy) is 1. The van der Waals surface area contributed by atoms with Crippen molar-refractivity contribution in [2.45, 2.75) is 26.3 Å². The number of carbonyl (C=O) groups is 2. The summed E-state index contributed by atoms with van der Waals surface area (Å²) in [5.41, 5.74) is 2.29.